The van der Waals surface area contributed by atoms with Crippen molar-refractivity contribution in [3.8, 4) is 22.6 Å². The lowest BCUT2D eigenvalue weighted by molar-refractivity contribution is -0.144. The predicted molar refractivity (Wildman–Crippen MR) is 154 cm³/mol. The lowest BCUT2D eigenvalue weighted by Crippen LogP contribution is -2.32. The molecule has 0 bridgehead atoms. The second-order valence-electron chi connectivity index (χ2n) is 10.2. The van der Waals surface area contributed by atoms with E-state index in [4.69, 9.17) is 13.7 Å². The van der Waals surface area contributed by atoms with Gasteiger partial charge in [0.25, 0.3) is 0 Å². The van der Waals surface area contributed by atoms with Crippen molar-refractivity contribution in [1.29, 1.82) is 0 Å². The number of hydrogen-bond acceptors (Lipinski definition) is 8. The standard InChI is InChI=1S/C29H35NO6S2/c1-7-14-38(32,33)36-20-9-10-22(25(15-20)34-6)21-11-12-24-27(18(2)16-29(4,5)30-24)23(21)17-35-28(31)26-13-8-19(3)37-26/h8-12,15-16,26,30H,7,13-14,17H2,1-6H3. The van der Waals surface area contributed by atoms with Crippen LogP contribution in [-0.2, 0) is 26.3 Å². The number of fused-ring (bicyclic) bond motifs is 1. The van der Waals surface area contributed by atoms with E-state index in [1.54, 1.807) is 25.1 Å². The first-order valence-electron chi connectivity index (χ1n) is 12.7. The maximum Gasteiger partial charge on any atom is 0.320 e. The molecule has 0 fully saturated rings. The molecule has 2 heterocycles. The van der Waals surface area contributed by atoms with Crippen LogP contribution in [0.2, 0.25) is 0 Å². The molecule has 204 valence electrons. The Bertz CT molecular complexity index is 1410. The van der Waals surface area contributed by atoms with Crippen molar-refractivity contribution in [2.75, 3.05) is 18.2 Å². The molecule has 9 heteroatoms. The monoisotopic (exact) mass is 557 g/mol. The number of benzene rings is 2. The van der Waals surface area contributed by atoms with Crippen LogP contribution >= 0.6 is 11.8 Å². The molecule has 0 radical (unpaired) electrons. The highest BCUT2D eigenvalue weighted by atomic mass is 32.2. The van der Waals surface area contributed by atoms with Crippen LogP contribution in [0.1, 0.15) is 58.6 Å². The quantitative estimate of drug-likeness (QED) is 0.275. The van der Waals surface area contributed by atoms with Crippen LogP contribution < -0.4 is 14.2 Å². The number of rotatable bonds is 9. The number of thioether (sulfide) groups is 1. The molecular weight excluding hydrogens is 522 g/mol. The van der Waals surface area contributed by atoms with E-state index >= 15 is 0 Å². The Kier molecular flexibility index (Phi) is 8.18. The first-order valence-corrected chi connectivity index (χ1v) is 15.1. The van der Waals surface area contributed by atoms with Crippen LogP contribution in [0.4, 0.5) is 5.69 Å². The molecule has 0 aromatic heterocycles. The first-order chi connectivity index (χ1) is 17.9. The molecule has 1 N–H and O–H groups in total. The van der Waals surface area contributed by atoms with Crippen LogP contribution in [0, 0.1) is 0 Å². The number of anilines is 1. The summed E-state index contributed by atoms with van der Waals surface area (Å²) in [5, 5.41) is 3.33. The SMILES string of the molecule is CCCS(=O)(=O)Oc1ccc(-c2ccc3c(c2COC(=O)C2CC=C(C)S2)C(C)=CC(C)(C)N3)c(OC)c1. The van der Waals surface area contributed by atoms with E-state index in [2.05, 4.69) is 38.2 Å². The molecule has 2 aliphatic rings. The summed E-state index contributed by atoms with van der Waals surface area (Å²) in [5.74, 6) is 0.333. The molecule has 2 aromatic rings. The van der Waals surface area contributed by atoms with Gasteiger partial charge in [-0.3, -0.25) is 4.79 Å². The molecule has 0 spiro atoms. The fourth-order valence-corrected chi connectivity index (χ4v) is 6.94. The molecule has 7 nitrogen and oxygen atoms in total. The topological polar surface area (TPSA) is 90.9 Å². The van der Waals surface area contributed by atoms with Gasteiger partial charge in [0.15, 0.2) is 0 Å². The second-order valence-corrected chi connectivity index (χ2v) is 13.3. The smallest absolute Gasteiger partial charge is 0.320 e. The lowest BCUT2D eigenvalue weighted by Gasteiger charge is -2.33. The Morgan fingerprint density at radius 2 is 1.89 bits per heavy atom. The molecule has 2 aliphatic heterocycles. The van der Waals surface area contributed by atoms with Crippen molar-refractivity contribution >= 4 is 39.1 Å². The van der Waals surface area contributed by atoms with Crippen molar-refractivity contribution in [2.24, 2.45) is 0 Å². The van der Waals surface area contributed by atoms with E-state index in [1.165, 1.54) is 18.9 Å². The number of esters is 1. The van der Waals surface area contributed by atoms with Crippen LogP contribution in [0.15, 0.2) is 47.4 Å². The van der Waals surface area contributed by atoms with E-state index in [1.807, 2.05) is 19.1 Å². The summed E-state index contributed by atoms with van der Waals surface area (Å²) < 4.78 is 41.2. The average Bonchev–Trinajstić information content (AvgIpc) is 3.27. The van der Waals surface area contributed by atoms with Crippen molar-refractivity contribution in [3.05, 3.63) is 58.5 Å². The minimum atomic E-state index is -3.69. The van der Waals surface area contributed by atoms with Gasteiger partial charge in [-0.15, -0.1) is 11.8 Å². The maximum atomic E-state index is 12.9. The summed E-state index contributed by atoms with van der Waals surface area (Å²) in [7, 11) is -2.16. The predicted octanol–water partition coefficient (Wildman–Crippen LogP) is 6.54. The maximum absolute atomic E-state index is 12.9. The van der Waals surface area contributed by atoms with Crippen molar-refractivity contribution < 1.29 is 26.9 Å². The van der Waals surface area contributed by atoms with Gasteiger partial charge in [0.1, 0.15) is 23.4 Å². The molecule has 2 aromatic carbocycles. The van der Waals surface area contributed by atoms with Crippen LogP contribution in [0.5, 0.6) is 11.5 Å². The summed E-state index contributed by atoms with van der Waals surface area (Å²) in [5.41, 5.74) is 5.22. The summed E-state index contributed by atoms with van der Waals surface area (Å²) in [6.45, 7) is 10.1. The molecule has 0 saturated carbocycles. The lowest BCUT2D eigenvalue weighted by atomic mass is 9.85. The normalized spacial score (nSPS) is 18.1. The van der Waals surface area contributed by atoms with Crippen molar-refractivity contribution in [3.63, 3.8) is 0 Å². The molecule has 0 aliphatic carbocycles. The zero-order valence-corrected chi connectivity index (χ0v) is 24.3. The molecule has 1 atom stereocenters. The molecule has 0 saturated heterocycles. The fraction of sp³-hybridized carbons (Fsp3) is 0.414. The minimum Gasteiger partial charge on any atom is -0.496 e. The molecule has 4 rings (SSSR count). The molecule has 0 amide bonds. The Morgan fingerprint density at radius 1 is 1.16 bits per heavy atom. The highest BCUT2D eigenvalue weighted by Crippen LogP contribution is 2.44. The van der Waals surface area contributed by atoms with Gasteiger partial charge in [-0.1, -0.05) is 25.1 Å². The third-order valence-electron chi connectivity index (χ3n) is 6.45. The third-order valence-corrected chi connectivity index (χ3v) is 9.01. The number of methoxy groups -OCH3 is 1. The zero-order valence-electron chi connectivity index (χ0n) is 22.7. The summed E-state index contributed by atoms with van der Waals surface area (Å²) in [6.07, 6.45) is 5.35. The fourth-order valence-electron chi connectivity index (χ4n) is 4.96. The Morgan fingerprint density at radius 3 is 2.55 bits per heavy atom. The summed E-state index contributed by atoms with van der Waals surface area (Å²) in [4.78, 5) is 14.0. The summed E-state index contributed by atoms with van der Waals surface area (Å²) >= 11 is 1.53. The van der Waals surface area contributed by atoms with Crippen LogP contribution in [0.3, 0.4) is 0 Å². The Balaban J connectivity index is 1.75. The molecule has 1 unspecified atom stereocenters. The number of hydrogen-bond donors (Lipinski definition) is 1. The van der Waals surface area contributed by atoms with Gasteiger partial charge in [0.05, 0.1) is 18.4 Å². The average molecular weight is 558 g/mol. The Labute approximate surface area is 229 Å². The Hall–Kier alpha value is -2.91. The van der Waals surface area contributed by atoms with Gasteiger partial charge in [-0.05, 0) is 74.8 Å². The number of nitrogens with one attached hydrogen (secondary N) is 1. The first kappa shape index (κ1) is 28.1. The zero-order chi connectivity index (χ0) is 27.7. The van der Waals surface area contributed by atoms with Crippen molar-refractivity contribution in [1.82, 2.24) is 0 Å². The highest BCUT2D eigenvalue weighted by Gasteiger charge is 2.29. The highest BCUT2D eigenvalue weighted by molar-refractivity contribution is 8.04. The third kappa shape index (κ3) is 6.21. The molecule has 38 heavy (non-hydrogen) atoms. The number of ether oxygens (including phenoxy) is 2. The number of allylic oxidation sites excluding steroid dienone is 3. The largest absolute Gasteiger partial charge is 0.496 e. The van der Waals surface area contributed by atoms with Gasteiger partial charge >= 0.3 is 16.1 Å². The van der Waals surface area contributed by atoms with Crippen LogP contribution in [-0.4, -0.2) is 38.0 Å². The van der Waals surface area contributed by atoms with Gasteiger partial charge in [-0.25, -0.2) is 0 Å². The van der Waals surface area contributed by atoms with Crippen molar-refractivity contribution in [2.45, 2.75) is 64.9 Å². The molecular formula is C29H35NO6S2. The minimum absolute atomic E-state index is 0.0688. The van der Waals surface area contributed by atoms with E-state index in [-0.39, 0.29) is 34.9 Å². The van der Waals surface area contributed by atoms with E-state index in [0.29, 0.717) is 18.6 Å². The summed E-state index contributed by atoms with van der Waals surface area (Å²) in [6, 6.07) is 8.97. The van der Waals surface area contributed by atoms with Gasteiger partial charge in [0, 0.05) is 28.4 Å². The van der Waals surface area contributed by atoms with Crippen LogP contribution in [0.25, 0.3) is 16.7 Å². The van der Waals surface area contributed by atoms with Gasteiger partial charge < -0.3 is 19.0 Å². The van der Waals surface area contributed by atoms with E-state index < -0.39 is 10.1 Å². The van der Waals surface area contributed by atoms with E-state index in [0.717, 1.165) is 38.4 Å². The van der Waals surface area contributed by atoms with Gasteiger partial charge in [0.2, 0.25) is 0 Å². The van der Waals surface area contributed by atoms with E-state index in [9.17, 15) is 13.2 Å². The number of carbonyl (C=O) groups excluding carboxylic acids is 1. The number of carbonyl (C=O) groups is 1. The second kappa shape index (κ2) is 11.1. The van der Waals surface area contributed by atoms with Gasteiger partial charge in [-0.2, -0.15) is 8.42 Å².